The maximum absolute atomic E-state index is 8.78. The third-order valence-electron chi connectivity index (χ3n) is 2.46. The number of rotatable bonds is 10. The second-order valence-electron chi connectivity index (χ2n) is 4.72. The van der Waals surface area contributed by atoms with Crippen LogP contribution in [0.15, 0.2) is 0 Å². The van der Waals surface area contributed by atoms with Gasteiger partial charge in [-0.2, -0.15) is 11.8 Å². The minimum Gasteiger partial charge on any atom is -0.396 e. The molecule has 0 aromatic carbocycles. The fraction of sp³-hybridized carbons (Fsp3) is 1.00. The van der Waals surface area contributed by atoms with Crippen molar-refractivity contribution in [2.45, 2.75) is 40.0 Å². The van der Waals surface area contributed by atoms with Crippen LogP contribution >= 0.6 is 11.8 Å². The SMILES string of the molecule is CCSCCCNCC(C)(C)CCCO. The summed E-state index contributed by atoms with van der Waals surface area (Å²) in [5, 5.41) is 12.3. The first-order valence-electron chi connectivity index (χ1n) is 6.01. The summed E-state index contributed by atoms with van der Waals surface area (Å²) >= 11 is 2.01. The third kappa shape index (κ3) is 10.6. The fourth-order valence-corrected chi connectivity index (χ4v) is 2.15. The van der Waals surface area contributed by atoms with E-state index < -0.39 is 0 Å². The number of hydrogen-bond acceptors (Lipinski definition) is 3. The molecule has 0 saturated carbocycles. The van der Waals surface area contributed by atoms with Gasteiger partial charge in [-0.3, -0.25) is 0 Å². The molecule has 0 aromatic rings. The van der Waals surface area contributed by atoms with Crippen molar-refractivity contribution >= 4 is 11.8 Å². The van der Waals surface area contributed by atoms with Crippen LogP contribution in [0.5, 0.6) is 0 Å². The van der Waals surface area contributed by atoms with E-state index in [1.807, 2.05) is 11.8 Å². The molecule has 0 aliphatic heterocycles. The highest BCUT2D eigenvalue weighted by Gasteiger charge is 2.15. The van der Waals surface area contributed by atoms with Crippen LogP contribution in [0.1, 0.15) is 40.0 Å². The van der Waals surface area contributed by atoms with Crippen molar-refractivity contribution in [1.82, 2.24) is 5.32 Å². The van der Waals surface area contributed by atoms with Gasteiger partial charge in [-0.1, -0.05) is 20.8 Å². The van der Waals surface area contributed by atoms with E-state index in [4.69, 9.17) is 5.11 Å². The van der Waals surface area contributed by atoms with E-state index in [9.17, 15) is 0 Å². The molecule has 0 rings (SSSR count). The lowest BCUT2D eigenvalue weighted by molar-refractivity contribution is 0.237. The van der Waals surface area contributed by atoms with E-state index in [1.165, 1.54) is 17.9 Å². The van der Waals surface area contributed by atoms with Crippen LogP contribution in [0.25, 0.3) is 0 Å². The van der Waals surface area contributed by atoms with Gasteiger partial charge in [-0.05, 0) is 42.7 Å². The minimum atomic E-state index is 0.316. The molecular weight excluding hydrogens is 206 g/mol. The zero-order valence-corrected chi connectivity index (χ0v) is 11.3. The molecule has 0 saturated heterocycles. The van der Waals surface area contributed by atoms with Crippen molar-refractivity contribution in [2.24, 2.45) is 5.41 Å². The predicted molar refractivity (Wildman–Crippen MR) is 70.6 cm³/mol. The molecule has 0 radical (unpaired) electrons. The second kappa shape index (κ2) is 9.49. The van der Waals surface area contributed by atoms with Crippen LogP contribution in [0.4, 0.5) is 0 Å². The van der Waals surface area contributed by atoms with Gasteiger partial charge in [0.15, 0.2) is 0 Å². The molecule has 2 N–H and O–H groups in total. The van der Waals surface area contributed by atoms with Gasteiger partial charge in [-0.25, -0.2) is 0 Å². The summed E-state index contributed by atoms with van der Waals surface area (Å²) in [5.74, 6) is 2.49. The number of thioether (sulfide) groups is 1. The first-order valence-corrected chi connectivity index (χ1v) is 7.17. The van der Waals surface area contributed by atoms with Crippen LogP contribution in [-0.4, -0.2) is 36.3 Å². The molecule has 0 heterocycles. The topological polar surface area (TPSA) is 32.3 Å². The van der Waals surface area contributed by atoms with Gasteiger partial charge in [0.05, 0.1) is 0 Å². The van der Waals surface area contributed by atoms with Crippen molar-refractivity contribution < 1.29 is 5.11 Å². The molecule has 0 aliphatic rings. The van der Waals surface area contributed by atoms with E-state index in [1.54, 1.807) is 0 Å². The molecule has 92 valence electrons. The maximum atomic E-state index is 8.78. The highest BCUT2D eigenvalue weighted by molar-refractivity contribution is 7.99. The molecule has 3 heteroatoms. The Morgan fingerprint density at radius 3 is 2.60 bits per heavy atom. The lowest BCUT2D eigenvalue weighted by atomic mass is 9.88. The van der Waals surface area contributed by atoms with Crippen molar-refractivity contribution in [3.63, 3.8) is 0 Å². The van der Waals surface area contributed by atoms with E-state index in [-0.39, 0.29) is 0 Å². The van der Waals surface area contributed by atoms with Crippen LogP contribution in [0.3, 0.4) is 0 Å². The Kier molecular flexibility index (Phi) is 9.66. The molecule has 0 spiro atoms. The molecule has 15 heavy (non-hydrogen) atoms. The molecule has 2 nitrogen and oxygen atoms in total. The molecule has 0 fully saturated rings. The summed E-state index contributed by atoms with van der Waals surface area (Å²) in [6.45, 7) is 9.22. The third-order valence-corrected chi connectivity index (χ3v) is 3.45. The van der Waals surface area contributed by atoms with Gasteiger partial charge in [0.25, 0.3) is 0 Å². The number of hydrogen-bond donors (Lipinski definition) is 2. The largest absolute Gasteiger partial charge is 0.396 e. The number of aliphatic hydroxyl groups is 1. The van der Waals surface area contributed by atoms with Gasteiger partial charge in [-0.15, -0.1) is 0 Å². The Morgan fingerprint density at radius 2 is 2.00 bits per heavy atom. The molecule has 0 aliphatic carbocycles. The lowest BCUT2D eigenvalue weighted by Crippen LogP contribution is -2.30. The van der Waals surface area contributed by atoms with Gasteiger partial charge in [0, 0.05) is 13.2 Å². The van der Waals surface area contributed by atoms with Crippen LogP contribution in [-0.2, 0) is 0 Å². The summed E-state index contributed by atoms with van der Waals surface area (Å²) in [6, 6.07) is 0. The molecule has 0 unspecified atom stereocenters. The average Bonchev–Trinajstić information content (AvgIpc) is 2.20. The number of nitrogens with one attached hydrogen (secondary N) is 1. The average molecular weight is 233 g/mol. The smallest absolute Gasteiger partial charge is 0.0431 e. The first kappa shape index (κ1) is 15.3. The van der Waals surface area contributed by atoms with Gasteiger partial charge < -0.3 is 10.4 Å². The summed E-state index contributed by atoms with van der Waals surface area (Å²) in [6.07, 6.45) is 3.27. The van der Waals surface area contributed by atoms with Crippen molar-refractivity contribution in [2.75, 3.05) is 31.2 Å². The van der Waals surface area contributed by atoms with Crippen LogP contribution in [0, 0.1) is 5.41 Å². The molecule has 0 bridgehead atoms. The highest BCUT2D eigenvalue weighted by atomic mass is 32.2. The Hall–Kier alpha value is 0.270. The first-order chi connectivity index (χ1) is 7.12. The van der Waals surface area contributed by atoms with Crippen molar-refractivity contribution in [3.8, 4) is 0 Å². The van der Waals surface area contributed by atoms with Crippen LogP contribution < -0.4 is 5.32 Å². The second-order valence-corrected chi connectivity index (χ2v) is 6.11. The summed E-state index contributed by atoms with van der Waals surface area (Å²) in [4.78, 5) is 0. The highest BCUT2D eigenvalue weighted by Crippen LogP contribution is 2.20. The Bertz CT molecular complexity index is 140. The fourth-order valence-electron chi connectivity index (χ4n) is 1.52. The molecule has 0 atom stereocenters. The van der Waals surface area contributed by atoms with E-state index in [0.29, 0.717) is 12.0 Å². The van der Waals surface area contributed by atoms with Gasteiger partial charge in [0.2, 0.25) is 0 Å². The van der Waals surface area contributed by atoms with Gasteiger partial charge in [0.1, 0.15) is 0 Å². The van der Waals surface area contributed by atoms with Crippen molar-refractivity contribution in [1.29, 1.82) is 0 Å². The Labute approximate surface area is 99.2 Å². The van der Waals surface area contributed by atoms with Crippen LogP contribution in [0.2, 0.25) is 0 Å². The Balaban J connectivity index is 3.32. The van der Waals surface area contributed by atoms with E-state index >= 15 is 0 Å². The zero-order valence-electron chi connectivity index (χ0n) is 10.5. The molecule has 0 aromatic heterocycles. The monoisotopic (exact) mass is 233 g/mol. The predicted octanol–water partition coefficient (Wildman–Crippen LogP) is 2.52. The lowest BCUT2D eigenvalue weighted by Gasteiger charge is -2.24. The summed E-state index contributed by atoms with van der Waals surface area (Å²) in [7, 11) is 0. The van der Waals surface area contributed by atoms with E-state index in [0.717, 1.165) is 25.9 Å². The zero-order chi connectivity index (χ0) is 11.6. The maximum Gasteiger partial charge on any atom is 0.0431 e. The van der Waals surface area contributed by atoms with Crippen molar-refractivity contribution in [3.05, 3.63) is 0 Å². The Morgan fingerprint density at radius 1 is 1.27 bits per heavy atom. The van der Waals surface area contributed by atoms with E-state index in [2.05, 4.69) is 26.1 Å². The quantitative estimate of drug-likeness (QED) is 0.569. The number of aliphatic hydroxyl groups excluding tert-OH is 1. The summed E-state index contributed by atoms with van der Waals surface area (Å²) in [5.41, 5.74) is 0.320. The minimum absolute atomic E-state index is 0.316. The molecule has 0 amide bonds. The normalized spacial score (nSPS) is 12.0. The van der Waals surface area contributed by atoms with Gasteiger partial charge >= 0.3 is 0 Å². The standard InChI is InChI=1S/C12H27NOS/c1-4-15-10-6-8-13-11-12(2,3)7-5-9-14/h13-14H,4-11H2,1-3H3. The molecular formula is C12H27NOS. The summed E-state index contributed by atoms with van der Waals surface area (Å²) < 4.78 is 0.